The van der Waals surface area contributed by atoms with Gasteiger partial charge in [-0.25, -0.2) is 4.98 Å². The molecule has 2 heterocycles. The summed E-state index contributed by atoms with van der Waals surface area (Å²) < 4.78 is 0. The van der Waals surface area contributed by atoms with Crippen molar-refractivity contribution in [2.75, 3.05) is 43.9 Å². The van der Waals surface area contributed by atoms with E-state index in [-0.39, 0.29) is 10.6 Å². The van der Waals surface area contributed by atoms with Crippen LogP contribution < -0.4 is 10.6 Å². The maximum absolute atomic E-state index is 11.4. The van der Waals surface area contributed by atoms with Crippen molar-refractivity contribution in [3.05, 3.63) is 33.7 Å². The summed E-state index contributed by atoms with van der Waals surface area (Å²) in [5, 5.41) is 13.7. The monoisotopic (exact) mass is 319 g/mol. The molecule has 0 amide bonds. The van der Waals surface area contributed by atoms with Crippen LogP contribution in [0, 0.1) is 10.1 Å². The summed E-state index contributed by atoms with van der Waals surface area (Å²) in [6, 6.07) is 5.27. The molecule has 2 N–H and O–H groups in total. The number of rotatable bonds is 3. The van der Waals surface area contributed by atoms with Crippen LogP contribution in [-0.4, -0.2) is 48.0 Å². The Balaban J connectivity index is 1.95. The van der Waals surface area contributed by atoms with E-state index in [9.17, 15) is 10.1 Å². The van der Waals surface area contributed by atoms with Gasteiger partial charge in [0, 0.05) is 43.2 Å². The zero-order valence-corrected chi connectivity index (χ0v) is 13.0. The number of nitrogens with two attached hydrogens (primary N) is 1. The number of nitrogen functional groups attached to an aromatic ring is 1. The Morgan fingerprint density at radius 3 is 2.64 bits per heavy atom. The van der Waals surface area contributed by atoms with Gasteiger partial charge in [-0.05, 0) is 13.1 Å². The second-order valence-electron chi connectivity index (χ2n) is 5.32. The standard InChI is InChI=1S/C14H17N5O2S/c1-17-4-6-18(7-5-17)12-3-2-10(8-13(12)19(20)21)11-9-22-14(15)16-11/h2-3,8-9H,4-7H2,1H3,(H2,15,16). The Kier molecular flexibility index (Phi) is 3.95. The summed E-state index contributed by atoms with van der Waals surface area (Å²) in [6.45, 7) is 3.39. The smallest absolute Gasteiger partial charge is 0.293 e. The van der Waals surface area contributed by atoms with Crippen molar-refractivity contribution in [1.82, 2.24) is 9.88 Å². The van der Waals surface area contributed by atoms with Crippen molar-refractivity contribution in [2.24, 2.45) is 0 Å². The number of hydrogen-bond acceptors (Lipinski definition) is 7. The molecular weight excluding hydrogens is 302 g/mol. The summed E-state index contributed by atoms with van der Waals surface area (Å²) in [6.07, 6.45) is 0. The van der Waals surface area contributed by atoms with E-state index in [1.807, 2.05) is 17.5 Å². The summed E-state index contributed by atoms with van der Waals surface area (Å²) in [7, 11) is 2.06. The highest BCUT2D eigenvalue weighted by molar-refractivity contribution is 7.13. The number of anilines is 2. The first-order valence-corrected chi connectivity index (χ1v) is 7.86. The van der Waals surface area contributed by atoms with Gasteiger partial charge in [0.25, 0.3) is 5.69 Å². The number of nitro benzene ring substituents is 1. The zero-order chi connectivity index (χ0) is 15.7. The van der Waals surface area contributed by atoms with E-state index >= 15 is 0 Å². The molecule has 0 spiro atoms. The zero-order valence-electron chi connectivity index (χ0n) is 12.2. The largest absolute Gasteiger partial charge is 0.375 e. The van der Waals surface area contributed by atoms with Gasteiger partial charge in [-0.3, -0.25) is 10.1 Å². The molecule has 1 aromatic carbocycles. The molecule has 8 heteroatoms. The lowest BCUT2D eigenvalue weighted by Gasteiger charge is -2.33. The van der Waals surface area contributed by atoms with E-state index in [0.29, 0.717) is 16.5 Å². The van der Waals surface area contributed by atoms with E-state index in [1.54, 1.807) is 6.07 Å². The molecule has 1 aliphatic heterocycles. The van der Waals surface area contributed by atoms with Crippen LogP contribution in [0.15, 0.2) is 23.6 Å². The van der Waals surface area contributed by atoms with Gasteiger partial charge < -0.3 is 15.5 Å². The fourth-order valence-electron chi connectivity index (χ4n) is 2.56. The summed E-state index contributed by atoms with van der Waals surface area (Å²) in [5.74, 6) is 0. The average Bonchev–Trinajstić information content (AvgIpc) is 2.94. The van der Waals surface area contributed by atoms with E-state index in [1.165, 1.54) is 11.3 Å². The molecule has 1 fully saturated rings. The van der Waals surface area contributed by atoms with Crippen LogP contribution in [0.2, 0.25) is 0 Å². The number of piperazine rings is 1. The first kappa shape index (κ1) is 14.7. The van der Waals surface area contributed by atoms with E-state index in [2.05, 4.69) is 21.8 Å². The SMILES string of the molecule is CN1CCN(c2ccc(-c3csc(N)n3)cc2[N+](=O)[O-])CC1. The maximum atomic E-state index is 11.4. The van der Waals surface area contributed by atoms with Gasteiger partial charge in [-0.1, -0.05) is 6.07 Å². The van der Waals surface area contributed by atoms with Gasteiger partial charge in [0.1, 0.15) is 5.69 Å². The van der Waals surface area contributed by atoms with Crippen molar-refractivity contribution >= 4 is 27.8 Å². The number of likely N-dealkylation sites (N-methyl/N-ethyl adjacent to an activating group) is 1. The number of nitro groups is 1. The van der Waals surface area contributed by atoms with Crippen LogP contribution in [-0.2, 0) is 0 Å². The van der Waals surface area contributed by atoms with Gasteiger partial charge >= 0.3 is 0 Å². The van der Waals surface area contributed by atoms with E-state index in [0.717, 1.165) is 31.7 Å². The minimum absolute atomic E-state index is 0.119. The molecular formula is C14H17N5O2S. The second kappa shape index (κ2) is 5.90. The lowest BCUT2D eigenvalue weighted by atomic mass is 10.1. The predicted molar refractivity (Wildman–Crippen MR) is 88.3 cm³/mol. The van der Waals surface area contributed by atoms with Crippen LogP contribution in [0.3, 0.4) is 0 Å². The second-order valence-corrected chi connectivity index (χ2v) is 6.21. The van der Waals surface area contributed by atoms with Crippen LogP contribution in [0.1, 0.15) is 0 Å². The summed E-state index contributed by atoms with van der Waals surface area (Å²) in [4.78, 5) is 19.6. The molecule has 0 bridgehead atoms. The minimum atomic E-state index is -0.327. The quantitative estimate of drug-likeness (QED) is 0.688. The normalized spacial score (nSPS) is 16.0. The van der Waals surface area contributed by atoms with Crippen LogP contribution in [0.25, 0.3) is 11.3 Å². The number of benzene rings is 1. The molecule has 1 aliphatic rings. The lowest BCUT2D eigenvalue weighted by Crippen LogP contribution is -2.44. The van der Waals surface area contributed by atoms with Gasteiger partial charge in [-0.2, -0.15) is 0 Å². The van der Waals surface area contributed by atoms with Crippen molar-refractivity contribution in [3.8, 4) is 11.3 Å². The molecule has 0 atom stereocenters. The van der Waals surface area contributed by atoms with Gasteiger partial charge in [0.15, 0.2) is 5.13 Å². The third-order valence-corrected chi connectivity index (χ3v) is 4.51. The first-order chi connectivity index (χ1) is 10.5. The Bertz CT molecular complexity index is 694. The molecule has 2 aromatic rings. The van der Waals surface area contributed by atoms with Crippen LogP contribution >= 0.6 is 11.3 Å². The third-order valence-electron chi connectivity index (χ3n) is 3.83. The number of thiazole rings is 1. The summed E-state index contributed by atoms with van der Waals surface area (Å²) >= 11 is 1.33. The lowest BCUT2D eigenvalue weighted by molar-refractivity contribution is -0.384. The van der Waals surface area contributed by atoms with E-state index in [4.69, 9.17) is 5.73 Å². The van der Waals surface area contributed by atoms with Crippen molar-refractivity contribution < 1.29 is 4.92 Å². The minimum Gasteiger partial charge on any atom is -0.375 e. The number of nitrogens with zero attached hydrogens (tertiary/aromatic N) is 4. The molecule has 7 nitrogen and oxygen atoms in total. The van der Waals surface area contributed by atoms with Gasteiger partial charge in [-0.15, -0.1) is 11.3 Å². The highest BCUT2D eigenvalue weighted by Crippen LogP contribution is 2.34. The molecule has 1 saturated heterocycles. The fourth-order valence-corrected chi connectivity index (χ4v) is 3.14. The molecule has 0 saturated carbocycles. The molecule has 22 heavy (non-hydrogen) atoms. The van der Waals surface area contributed by atoms with Gasteiger partial charge in [0.2, 0.25) is 0 Å². The topological polar surface area (TPSA) is 88.5 Å². The number of hydrogen-bond donors (Lipinski definition) is 1. The van der Waals surface area contributed by atoms with Crippen molar-refractivity contribution in [2.45, 2.75) is 0 Å². The molecule has 0 aliphatic carbocycles. The Labute approximate surface area is 132 Å². The summed E-state index contributed by atoms with van der Waals surface area (Å²) in [5.41, 5.74) is 7.82. The van der Waals surface area contributed by atoms with Crippen LogP contribution in [0.5, 0.6) is 0 Å². The van der Waals surface area contributed by atoms with Crippen LogP contribution in [0.4, 0.5) is 16.5 Å². The highest BCUT2D eigenvalue weighted by Gasteiger charge is 2.23. The first-order valence-electron chi connectivity index (χ1n) is 6.98. The van der Waals surface area contributed by atoms with Gasteiger partial charge in [0.05, 0.1) is 10.6 Å². The predicted octanol–water partition coefficient (Wildman–Crippen LogP) is 2.05. The maximum Gasteiger partial charge on any atom is 0.293 e. The number of aromatic nitrogens is 1. The molecule has 0 unspecified atom stereocenters. The van der Waals surface area contributed by atoms with Crippen molar-refractivity contribution in [1.29, 1.82) is 0 Å². The molecule has 0 radical (unpaired) electrons. The third kappa shape index (κ3) is 2.88. The van der Waals surface area contributed by atoms with E-state index < -0.39 is 0 Å². The van der Waals surface area contributed by atoms with Crippen molar-refractivity contribution in [3.63, 3.8) is 0 Å². The average molecular weight is 319 g/mol. The molecule has 1 aromatic heterocycles. The highest BCUT2D eigenvalue weighted by atomic mass is 32.1. The fraction of sp³-hybridized carbons (Fsp3) is 0.357. The Hall–Kier alpha value is -2.19. The Morgan fingerprint density at radius 1 is 1.32 bits per heavy atom. The molecule has 116 valence electrons. The Morgan fingerprint density at radius 2 is 2.05 bits per heavy atom. The molecule has 3 rings (SSSR count).